The Kier molecular flexibility index (Phi) is 4.44. The van der Waals surface area contributed by atoms with Crippen molar-refractivity contribution in [1.29, 1.82) is 0 Å². The van der Waals surface area contributed by atoms with Crippen LogP contribution in [-0.2, 0) is 14.3 Å². The maximum Gasteiger partial charge on any atom is 0.397 e. The average molecular weight is 270 g/mol. The van der Waals surface area contributed by atoms with E-state index < -0.39 is 11.9 Å². The molecule has 1 N–H and O–H groups in total. The maximum atomic E-state index is 11.6. The van der Waals surface area contributed by atoms with E-state index in [2.05, 4.69) is 15.0 Å². The zero-order valence-electron chi connectivity index (χ0n) is 11.0. The van der Waals surface area contributed by atoms with Crippen LogP contribution >= 0.6 is 0 Å². The quantitative estimate of drug-likeness (QED) is 0.686. The van der Waals surface area contributed by atoms with Gasteiger partial charge in [0.15, 0.2) is 0 Å². The summed E-state index contributed by atoms with van der Waals surface area (Å²) in [6.45, 7) is 1.82. The molecule has 1 aromatic heterocycles. The van der Waals surface area contributed by atoms with Crippen molar-refractivity contribution in [2.24, 2.45) is 0 Å². The Hall–Kier alpha value is -2.69. The second kappa shape index (κ2) is 6.47. The average Bonchev–Trinajstić information content (AvgIpc) is 2.48. The van der Waals surface area contributed by atoms with Crippen LogP contribution in [0, 0.1) is 0 Å². The molecule has 0 aliphatic rings. The molecule has 2 rings (SSSR count). The van der Waals surface area contributed by atoms with Crippen LogP contribution in [0.4, 0.5) is 5.69 Å². The van der Waals surface area contributed by atoms with E-state index in [1.165, 1.54) is 0 Å². The maximum absolute atomic E-state index is 11.6. The lowest BCUT2D eigenvalue weighted by molar-refractivity contribution is -0.152. The summed E-state index contributed by atoms with van der Waals surface area (Å²) < 4.78 is 4.63. The molecule has 0 aliphatic heterocycles. The van der Waals surface area contributed by atoms with Gasteiger partial charge in [0.05, 0.1) is 6.61 Å². The van der Waals surface area contributed by atoms with Crippen molar-refractivity contribution in [3.63, 3.8) is 0 Å². The van der Waals surface area contributed by atoms with Crippen molar-refractivity contribution in [3.05, 3.63) is 48.8 Å². The topological polar surface area (TPSA) is 68.3 Å². The summed E-state index contributed by atoms with van der Waals surface area (Å²) in [5.41, 5.74) is 2.36. The molecule has 0 aliphatic carbocycles. The predicted octanol–water partition coefficient (Wildman–Crippen LogP) is 2.25. The number of carbonyl (C=O) groups excluding carboxylic acids is 2. The molecule has 0 fully saturated rings. The van der Waals surface area contributed by atoms with Gasteiger partial charge >= 0.3 is 11.9 Å². The van der Waals surface area contributed by atoms with Crippen molar-refractivity contribution in [2.45, 2.75) is 6.92 Å². The number of amides is 1. The highest BCUT2D eigenvalue weighted by atomic mass is 16.5. The van der Waals surface area contributed by atoms with E-state index in [9.17, 15) is 9.59 Å². The highest BCUT2D eigenvalue weighted by Crippen LogP contribution is 2.21. The van der Waals surface area contributed by atoms with Gasteiger partial charge in [-0.15, -0.1) is 0 Å². The molecule has 20 heavy (non-hydrogen) atoms. The van der Waals surface area contributed by atoms with Crippen LogP contribution in [0.25, 0.3) is 11.1 Å². The van der Waals surface area contributed by atoms with Gasteiger partial charge in [0, 0.05) is 23.6 Å². The number of ether oxygens (including phenoxy) is 1. The number of benzene rings is 1. The first-order chi connectivity index (χ1) is 9.70. The lowest BCUT2D eigenvalue weighted by Gasteiger charge is -2.07. The normalized spacial score (nSPS) is 9.85. The fourth-order valence-electron chi connectivity index (χ4n) is 1.69. The van der Waals surface area contributed by atoms with E-state index in [4.69, 9.17) is 0 Å². The first-order valence-corrected chi connectivity index (χ1v) is 6.19. The second-order valence-electron chi connectivity index (χ2n) is 4.00. The third kappa shape index (κ3) is 3.41. The lowest BCUT2D eigenvalue weighted by atomic mass is 10.1. The Labute approximate surface area is 116 Å². The van der Waals surface area contributed by atoms with Gasteiger partial charge in [0.1, 0.15) is 0 Å². The summed E-state index contributed by atoms with van der Waals surface area (Å²) in [6.07, 6.45) is 3.42. The largest absolute Gasteiger partial charge is 0.459 e. The van der Waals surface area contributed by atoms with Gasteiger partial charge < -0.3 is 10.1 Å². The SMILES string of the molecule is CCOC(=O)C(=O)Nc1cccc(-c2cccnc2)c1. The standard InChI is InChI=1S/C15H14N2O3/c1-2-20-15(19)14(18)17-13-7-3-5-11(9-13)12-6-4-8-16-10-12/h3-10H,2H2,1H3,(H,17,18). The molecule has 1 aromatic carbocycles. The van der Waals surface area contributed by atoms with Crippen molar-refractivity contribution in [1.82, 2.24) is 4.98 Å². The van der Waals surface area contributed by atoms with E-state index in [-0.39, 0.29) is 6.61 Å². The van der Waals surface area contributed by atoms with E-state index >= 15 is 0 Å². The van der Waals surface area contributed by atoms with Gasteiger partial charge in [-0.05, 0) is 30.7 Å². The van der Waals surface area contributed by atoms with Crippen LogP contribution in [0.2, 0.25) is 0 Å². The van der Waals surface area contributed by atoms with Gasteiger partial charge in [-0.1, -0.05) is 18.2 Å². The monoisotopic (exact) mass is 270 g/mol. The third-order valence-electron chi connectivity index (χ3n) is 2.58. The van der Waals surface area contributed by atoms with Crippen LogP contribution in [-0.4, -0.2) is 23.5 Å². The van der Waals surface area contributed by atoms with Crippen LogP contribution in [0.3, 0.4) is 0 Å². The van der Waals surface area contributed by atoms with Gasteiger partial charge in [-0.2, -0.15) is 0 Å². The smallest absolute Gasteiger partial charge is 0.397 e. The minimum absolute atomic E-state index is 0.169. The first-order valence-electron chi connectivity index (χ1n) is 6.19. The van der Waals surface area contributed by atoms with Crippen molar-refractivity contribution < 1.29 is 14.3 Å². The van der Waals surface area contributed by atoms with Crippen molar-refractivity contribution in [2.75, 3.05) is 11.9 Å². The number of aromatic nitrogens is 1. The van der Waals surface area contributed by atoms with Crippen LogP contribution < -0.4 is 5.32 Å². The third-order valence-corrected chi connectivity index (χ3v) is 2.58. The minimum atomic E-state index is -0.890. The molecule has 0 atom stereocenters. The number of anilines is 1. The summed E-state index contributed by atoms with van der Waals surface area (Å²) in [6, 6.07) is 10.9. The molecular weight excluding hydrogens is 256 g/mol. The van der Waals surface area contributed by atoms with E-state index in [1.807, 2.05) is 18.2 Å². The van der Waals surface area contributed by atoms with E-state index in [1.54, 1.807) is 37.5 Å². The number of hydrogen-bond donors (Lipinski definition) is 1. The summed E-state index contributed by atoms with van der Waals surface area (Å²) in [5, 5.41) is 2.50. The minimum Gasteiger partial charge on any atom is -0.459 e. The Morgan fingerprint density at radius 2 is 2.00 bits per heavy atom. The molecule has 0 saturated heterocycles. The molecule has 2 aromatic rings. The molecular formula is C15H14N2O3. The molecule has 1 heterocycles. The number of rotatable bonds is 3. The summed E-state index contributed by atoms with van der Waals surface area (Å²) in [5.74, 6) is -1.67. The lowest BCUT2D eigenvalue weighted by Crippen LogP contribution is -2.24. The number of nitrogens with one attached hydrogen (secondary N) is 1. The molecule has 0 saturated carbocycles. The number of pyridine rings is 1. The number of hydrogen-bond acceptors (Lipinski definition) is 4. The van der Waals surface area contributed by atoms with Crippen LogP contribution in [0.5, 0.6) is 0 Å². The predicted molar refractivity (Wildman–Crippen MR) is 74.9 cm³/mol. The molecule has 1 amide bonds. The van der Waals surface area contributed by atoms with Crippen LogP contribution in [0.1, 0.15) is 6.92 Å². The summed E-state index contributed by atoms with van der Waals surface area (Å²) >= 11 is 0. The Bertz CT molecular complexity index is 612. The molecule has 0 bridgehead atoms. The number of esters is 1. The number of nitrogens with zero attached hydrogens (tertiary/aromatic N) is 1. The number of carbonyl (C=O) groups is 2. The Balaban J connectivity index is 2.15. The molecule has 0 radical (unpaired) electrons. The van der Waals surface area contributed by atoms with Crippen molar-refractivity contribution in [3.8, 4) is 11.1 Å². The summed E-state index contributed by atoms with van der Waals surface area (Å²) in [7, 11) is 0. The fraction of sp³-hybridized carbons (Fsp3) is 0.133. The Morgan fingerprint density at radius 3 is 2.70 bits per heavy atom. The van der Waals surface area contributed by atoms with Gasteiger partial charge in [0.2, 0.25) is 0 Å². The zero-order chi connectivity index (χ0) is 14.4. The van der Waals surface area contributed by atoms with Crippen molar-refractivity contribution >= 4 is 17.6 Å². The van der Waals surface area contributed by atoms with Gasteiger partial charge in [-0.25, -0.2) is 4.79 Å². The van der Waals surface area contributed by atoms with Gasteiger partial charge in [0.25, 0.3) is 0 Å². The zero-order valence-corrected chi connectivity index (χ0v) is 11.0. The fourth-order valence-corrected chi connectivity index (χ4v) is 1.69. The molecule has 0 unspecified atom stereocenters. The highest BCUT2D eigenvalue weighted by molar-refractivity contribution is 6.37. The second-order valence-corrected chi connectivity index (χ2v) is 4.00. The van der Waals surface area contributed by atoms with E-state index in [0.29, 0.717) is 5.69 Å². The summed E-state index contributed by atoms with van der Waals surface area (Å²) in [4.78, 5) is 26.9. The molecule has 5 nitrogen and oxygen atoms in total. The molecule has 0 spiro atoms. The highest BCUT2D eigenvalue weighted by Gasteiger charge is 2.14. The van der Waals surface area contributed by atoms with Gasteiger partial charge in [-0.3, -0.25) is 9.78 Å². The Morgan fingerprint density at radius 1 is 1.20 bits per heavy atom. The molecule has 102 valence electrons. The van der Waals surface area contributed by atoms with Crippen LogP contribution in [0.15, 0.2) is 48.8 Å². The first kappa shape index (κ1) is 13.7. The van der Waals surface area contributed by atoms with E-state index in [0.717, 1.165) is 11.1 Å². The molecule has 5 heteroatoms.